The SMILES string of the molecule is Cc1nc2c(c(=O)n1C)CN(C(=O)c1cccc(CCC(C)(C)O)c1)C2. The van der Waals surface area contributed by atoms with Crippen molar-refractivity contribution >= 4 is 5.91 Å². The number of carbonyl (C=O) groups excluding carboxylic acids is 1. The molecule has 6 nitrogen and oxygen atoms in total. The maximum absolute atomic E-state index is 12.9. The summed E-state index contributed by atoms with van der Waals surface area (Å²) in [5.41, 5.74) is 2.09. The Bertz CT molecular complexity index is 909. The van der Waals surface area contributed by atoms with E-state index in [1.807, 2.05) is 18.2 Å². The molecular formula is C20H25N3O3. The predicted octanol–water partition coefficient (Wildman–Crippen LogP) is 1.95. The molecule has 1 aromatic carbocycles. The van der Waals surface area contributed by atoms with Crippen molar-refractivity contribution in [2.45, 2.75) is 52.3 Å². The molecule has 6 heteroatoms. The van der Waals surface area contributed by atoms with Crippen molar-refractivity contribution in [3.63, 3.8) is 0 Å². The lowest BCUT2D eigenvalue weighted by atomic mass is 9.98. The van der Waals surface area contributed by atoms with Gasteiger partial charge in [0.05, 0.1) is 29.9 Å². The number of rotatable bonds is 4. The number of aryl methyl sites for hydroxylation is 2. The van der Waals surface area contributed by atoms with Gasteiger partial charge in [-0.2, -0.15) is 0 Å². The van der Waals surface area contributed by atoms with Crippen molar-refractivity contribution in [2.24, 2.45) is 7.05 Å². The third kappa shape index (κ3) is 3.70. The van der Waals surface area contributed by atoms with Crippen LogP contribution in [-0.4, -0.2) is 31.1 Å². The van der Waals surface area contributed by atoms with Gasteiger partial charge in [0.25, 0.3) is 11.5 Å². The number of benzene rings is 1. The number of carbonyl (C=O) groups is 1. The van der Waals surface area contributed by atoms with Gasteiger partial charge in [-0.25, -0.2) is 4.98 Å². The van der Waals surface area contributed by atoms with Crippen LogP contribution in [0.15, 0.2) is 29.1 Å². The maximum atomic E-state index is 12.9. The minimum Gasteiger partial charge on any atom is -0.390 e. The minimum absolute atomic E-state index is 0.0817. The monoisotopic (exact) mass is 355 g/mol. The molecule has 0 spiro atoms. The third-order valence-corrected chi connectivity index (χ3v) is 4.87. The zero-order valence-electron chi connectivity index (χ0n) is 15.7. The Kier molecular flexibility index (Phi) is 4.71. The second-order valence-electron chi connectivity index (χ2n) is 7.62. The molecule has 0 fully saturated rings. The summed E-state index contributed by atoms with van der Waals surface area (Å²) in [7, 11) is 1.70. The van der Waals surface area contributed by atoms with E-state index < -0.39 is 5.60 Å². The van der Waals surface area contributed by atoms with Crippen LogP contribution in [0.25, 0.3) is 0 Å². The average molecular weight is 355 g/mol. The fourth-order valence-corrected chi connectivity index (χ4v) is 3.16. The van der Waals surface area contributed by atoms with E-state index in [2.05, 4.69) is 4.98 Å². The minimum atomic E-state index is -0.736. The van der Waals surface area contributed by atoms with Crippen LogP contribution in [0.4, 0.5) is 0 Å². The Morgan fingerprint density at radius 3 is 2.73 bits per heavy atom. The Morgan fingerprint density at radius 1 is 1.31 bits per heavy atom. The molecular weight excluding hydrogens is 330 g/mol. The van der Waals surface area contributed by atoms with Crippen molar-refractivity contribution in [1.82, 2.24) is 14.5 Å². The van der Waals surface area contributed by atoms with Gasteiger partial charge in [0.1, 0.15) is 5.82 Å². The molecule has 0 aliphatic carbocycles. The van der Waals surface area contributed by atoms with Gasteiger partial charge in [-0.15, -0.1) is 0 Å². The number of hydrogen-bond donors (Lipinski definition) is 1. The zero-order chi connectivity index (χ0) is 19.1. The fourth-order valence-electron chi connectivity index (χ4n) is 3.16. The van der Waals surface area contributed by atoms with Crippen LogP contribution in [0.5, 0.6) is 0 Å². The first kappa shape index (κ1) is 18.3. The molecule has 1 aliphatic rings. The lowest BCUT2D eigenvalue weighted by molar-refractivity contribution is 0.0714. The van der Waals surface area contributed by atoms with Gasteiger partial charge < -0.3 is 10.0 Å². The molecule has 1 amide bonds. The molecule has 2 aromatic rings. The first-order valence-electron chi connectivity index (χ1n) is 8.82. The molecule has 1 aliphatic heterocycles. The summed E-state index contributed by atoms with van der Waals surface area (Å²) >= 11 is 0. The molecule has 0 saturated carbocycles. The number of amides is 1. The fraction of sp³-hybridized carbons (Fsp3) is 0.450. The van der Waals surface area contributed by atoms with E-state index in [1.165, 1.54) is 4.57 Å². The van der Waals surface area contributed by atoms with Gasteiger partial charge in [-0.1, -0.05) is 12.1 Å². The van der Waals surface area contributed by atoms with E-state index in [4.69, 9.17) is 0 Å². The highest BCUT2D eigenvalue weighted by molar-refractivity contribution is 5.94. The zero-order valence-corrected chi connectivity index (χ0v) is 15.7. The normalized spacial score (nSPS) is 13.8. The van der Waals surface area contributed by atoms with Crippen LogP contribution in [0, 0.1) is 6.92 Å². The van der Waals surface area contributed by atoms with Crippen LogP contribution in [0.3, 0.4) is 0 Å². The summed E-state index contributed by atoms with van der Waals surface area (Å²) < 4.78 is 1.52. The molecule has 0 saturated heterocycles. The van der Waals surface area contributed by atoms with E-state index in [0.717, 1.165) is 5.56 Å². The molecule has 26 heavy (non-hydrogen) atoms. The molecule has 0 atom stereocenters. The summed E-state index contributed by atoms with van der Waals surface area (Å²) in [5, 5.41) is 9.89. The average Bonchev–Trinajstić information content (AvgIpc) is 3.01. The molecule has 0 bridgehead atoms. The van der Waals surface area contributed by atoms with Gasteiger partial charge in [0.15, 0.2) is 0 Å². The maximum Gasteiger partial charge on any atom is 0.258 e. The number of nitrogens with zero attached hydrogens (tertiary/aromatic N) is 3. The van der Waals surface area contributed by atoms with E-state index in [1.54, 1.807) is 38.8 Å². The Balaban J connectivity index is 1.79. The Morgan fingerprint density at radius 2 is 2.04 bits per heavy atom. The van der Waals surface area contributed by atoms with Crippen LogP contribution in [-0.2, 0) is 26.6 Å². The summed E-state index contributed by atoms with van der Waals surface area (Å²) in [6.45, 7) is 6.00. The third-order valence-electron chi connectivity index (χ3n) is 4.87. The van der Waals surface area contributed by atoms with Crippen molar-refractivity contribution < 1.29 is 9.90 Å². The van der Waals surface area contributed by atoms with E-state index in [9.17, 15) is 14.7 Å². The number of fused-ring (bicyclic) bond motifs is 1. The van der Waals surface area contributed by atoms with Gasteiger partial charge in [0, 0.05) is 12.6 Å². The van der Waals surface area contributed by atoms with E-state index in [-0.39, 0.29) is 11.5 Å². The summed E-state index contributed by atoms with van der Waals surface area (Å²) in [6, 6.07) is 7.48. The molecule has 3 rings (SSSR count). The Labute approximate surface area is 153 Å². The molecule has 0 radical (unpaired) electrons. The standard InChI is InChI=1S/C20H25N3O3/c1-13-21-17-12-23(11-16(17)19(25)22(13)4)18(24)15-7-5-6-14(10-15)8-9-20(2,3)26/h5-7,10,26H,8-9,11-12H2,1-4H3. The number of aliphatic hydroxyl groups is 1. The molecule has 138 valence electrons. The number of hydrogen-bond acceptors (Lipinski definition) is 4. The molecule has 1 aromatic heterocycles. The van der Waals surface area contributed by atoms with E-state index >= 15 is 0 Å². The highest BCUT2D eigenvalue weighted by Crippen LogP contribution is 2.22. The van der Waals surface area contributed by atoms with Gasteiger partial charge in [0.2, 0.25) is 0 Å². The molecule has 2 heterocycles. The highest BCUT2D eigenvalue weighted by Gasteiger charge is 2.28. The van der Waals surface area contributed by atoms with Gasteiger partial charge in [-0.3, -0.25) is 14.2 Å². The van der Waals surface area contributed by atoms with Crippen molar-refractivity contribution in [3.8, 4) is 0 Å². The largest absolute Gasteiger partial charge is 0.390 e. The van der Waals surface area contributed by atoms with Crippen LogP contribution in [0.1, 0.15) is 53.3 Å². The first-order valence-corrected chi connectivity index (χ1v) is 8.82. The predicted molar refractivity (Wildman–Crippen MR) is 98.9 cm³/mol. The second-order valence-corrected chi connectivity index (χ2v) is 7.62. The molecule has 1 N–H and O–H groups in total. The quantitative estimate of drug-likeness (QED) is 0.910. The van der Waals surface area contributed by atoms with Crippen LogP contribution < -0.4 is 5.56 Å². The smallest absolute Gasteiger partial charge is 0.258 e. The highest BCUT2D eigenvalue weighted by atomic mass is 16.3. The van der Waals surface area contributed by atoms with Crippen LogP contribution in [0.2, 0.25) is 0 Å². The summed E-state index contributed by atoms with van der Waals surface area (Å²) in [5.74, 6) is 0.546. The van der Waals surface area contributed by atoms with Crippen molar-refractivity contribution in [1.29, 1.82) is 0 Å². The number of aromatic nitrogens is 2. The van der Waals surface area contributed by atoms with Crippen LogP contribution >= 0.6 is 0 Å². The van der Waals surface area contributed by atoms with Crippen molar-refractivity contribution in [3.05, 3.63) is 62.8 Å². The molecule has 0 unspecified atom stereocenters. The summed E-state index contributed by atoms with van der Waals surface area (Å²) in [6.07, 6.45) is 1.32. The van der Waals surface area contributed by atoms with E-state index in [0.29, 0.717) is 48.6 Å². The van der Waals surface area contributed by atoms with Crippen molar-refractivity contribution in [2.75, 3.05) is 0 Å². The lowest BCUT2D eigenvalue weighted by Crippen LogP contribution is -2.27. The lowest BCUT2D eigenvalue weighted by Gasteiger charge is -2.18. The Hall–Kier alpha value is -2.47. The second kappa shape index (κ2) is 6.68. The topological polar surface area (TPSA) is 75.4 Å². The van der Waals surface area contributed by atoms with Gasteiger partial charge in [-0.05, 0) is 51.3 Å². The first-order chi connectivity index (χ1) is 12.2. The summed E-state index contributed by atoms with van der Waals surface area (Å²) in [4.78, 5) is 31.4. The van der Waals surface area contributed by atoms with Gasteiger partial charge >= 0.3 is 0 Å².